The molecule has 0 aliphatic heterocycles. The van der Waals surface area contributed by atoms with Gasteiger partial charge in [-0.15, -0.1) is 0 Å². The first kappa shape index (κ1) is 108. The number of ether oxygens (including phenoxy) is 5. The van der Waals surface area contributed by atoms with E-state index in [0.29, 0.717) is 111 Å². The van der Waals surface area contributed by atoms with Gasteiger partial charge < -0.3 is 55.4 Å². The second kappa shape index (κ2) is 53.0. The molecule has 10 aromatic carbocycles. The maximum Gasteiger partial charge on any atom is 0.311 e. The van der Waals surface area contributed by atoms with E-state index in [0.717, 1.165) is 5.69 Å². The Hall–Kier alpha value is -20.0. The van der Waals surface area contributed by atoms with Crippen LogP contribution in [0.25, 0.3) is 30.4 Å². The summed E-state index contributed by atoms with van der Waals surface area (Å²) in [5.74, 6) is 0.420. The monoisotopic (exact) mass is 2060 g/mol. The smallest absolute Gasteiger partial charge is 0.311 e. The predicted octanol–water partition coefficient (Wildman–Crippen LogP) is 24.9. The largest absolute Gasteiger partial charge is 0.508 e. The van der Waals surface area contributed by atoms with Gasteiger partial charge in [-0.2, -0.15) is 0 Å². The van der Waals surface area contributed by atoms with E-state index in [1.807, 2.05) is 0 Å². The van der Waals surface area contributed by atoms with Crippen molar-refractivity contribution in [3.8, 4) is 34.5 Å². The van der Waals surface area contributed by atoms with E-state index < -0.39 is 29.5 Å². The number of aromatic nitrogens is 5. The lowest BCUT2D eigenvalue weighted by atomic mass is 10.1. The zero-order chi connectivity index (χ0) is 106. The Kier molecular flexibility index (Phi) is 38.8. The molecule has 0 spiro atoms. The number of phenols is 1. The molecule has 6 N–H and O–H groups in total. The van der Waals surface area contributed by atoms with Crippen molar-refractivity contribution in [2.45, 2.75) is 0 Å². The van der Waals surface area contributed by atoms with Gasteiger partial charge in [0.15, 0.2) is 57.7 Å². The molecule has 148 heavy (non-hydrogen) atoms. The molecule has 0 saturated heterocycles. The Morgan fingerprint density at radius 2 is 0.534 bits per heavy atom. The predicted molar refractivity (Wildman–Crippen MR) is 558 cm³/mol. The van der Waals surface area contributed by atoms with Crippen LogP contribution in [0.1, 0.15) is 79.6 Å². The molecule has 0 aliphatic carbocycles. The van der Waals surface area contributed by atoms with Crippen molar-refractivity contribution in [3.05, 3.63) is 465 Å². The molecule has 746 valence electrons. The number of nitro benzene ring substituents is 6. The Labute approximate surface area is 854 Å². The molecule has 15 aromatic rings. The summed E-state index contributed by atoms with van der Waals surface area (Å²) in [6.07, 6.45) is 21.7. The third-order valence-electron chi connectivity index (χ3n) is 20.4. The Morgan fingerprint density at radius 1 is 0.297 bits per heavy atom. The lowest BCUT2D eigenvalue weighted by Crippen LogP contribution is -2.03. The fraction of sp³-hybridized carbons (Fsp3) is 0.0476. The van der Waals surface area contributed by atoms with Crippen LogP contribution < -0.4 is 50.3 Å². The SMILES string of the molecule is COc1ccc(/C=C/C(=O)c2cccnc2Nc2ccc(Cl)cc2)cc1[N+](=O)[O-].COc1ccc(/C=C/C(=O)c2cccnc2Nc2ccc(Cl)cc2Cl)cc1[N+](=O)[O-].COc1ccc(/C=C/C(=O)c2cccnc2Nc2ccc(F)cc2)cc1[N+](=O)[O-].COc1ccc(/C=C/C(=O)c2cccnc2Nc2ccc(O)cc2)cc1[N+](=O)[O-].COc1ccc(/C=C/C(=O)c2cccnc2Nc2ccc([N+](=O)[O-])cc2)cc1[N+](=O)[O-]. The standard InChI is InChI=1S/C21H15Cl2N3O4.C21H16ClN3O4.C21H16FN3O4.C21H16N4O6.C21H17N3O5/c1-30-20-9-5-13(11-18(20)26(28)29)4-8-19(27)15-3-2-10-24-21(15)25-17-7-6-14(22)12-16(17)23;2*1-29-20-11-5-14(13-18(20)25(27)28)4-10-19(26)17-3-2-12-23-21(17)24-16-8-6-15(22)7-9-16;1-31-20-11-5-14(13-18(20)25(29)30)4-10-19(26)17-3-2-12-22-21(17)23-15-6-8-16(9-7-15)24(27)28;1-29-20-11-5-14(13-18(20)24(27)28)4-10-19(26)17-3-2-12-22-21(17)23-15-6-8-16(25)9-7-15/h2-12H,1H3,(H,24,25);2*2-13H,1H3,(H,23,24);2-13H,1H3,(H,22,23);2-13,25H,1H3,(H,22,23)/b8-4+;4*10-4+. The number of allylic oxidation sites excluding steroid dienone is 5. The van der Waals surface area contributed by atoms with E-state index in [4.69, 9.17) is 58.5 Å². The zero-order valence-electron chi connectivity index (χ0n) is 77.9. The number of aromatic hydroxyl groups is 1. The second-order valence-electron chi connectivity index (χ2n) is 30.0. The van der Waals surface area contributed by atoms with Crippen LogP contribution in [0.2, 0.25) is 15.1 Å². The summed E-state index contributed by atoms with van der Waals surface area (Å²) < 4.78 is 37.9. The number of rotatable bonds is 36. The van der Waals surface area contributed by atoms with Gasteiger partial charge in [-0.25, -0.2) is 29.3 Å². The molecule has 0 aliphatic rings. The summed E-state index contributed by atoms with van der Waals surface area (Å²) in [7, 11) is 6.75. The number of anilines is 10. The maximum atomic E-state index is 13.1. The van der Waals surface area contributed by atoms with E-state index in [9.17, 15) is 94.2 Å². The fourth-order valence-corrected chi connectivity index (χ4v) is 13.7. The third kappa shape index (κ3) is 31.0. The minimum absolute atomic E-state index is 0.0561. The van der Waals surface area contributed by atoms with Gasteiger partial charge in [0.2, 0.25) is 0 Å². The molecular formula is C105H80Cl3FN16O23. The van der Waals surface area contributed by atoms with Crippen LogP contribution >= 0.6 is 34.8 Å². The van der Waals surface area contributed by atoms with E-state index in [2.05, 4.69) is 51.5 Å². The molecule has 0 atom stereocenters. The van der Waals surface area contributed by atoms with E-state index >= 15 is 0 Å². The van der Waals surface area contributed by atoms with Gasteiger partial charge in [-0.3, -0.25) is 84.7 Å². The highest BCUT2D eigenvalue weighted by Crippen LogP contribution is 2.37. The summed E-state index contributed by atoms with van der Waals surface area (Å²) in [6.45, 7) is 0. The van der Waals surface area contributed by atoms with Crippen molar-refractivity contribution in [1.29, 1.82) is 0 Å². The summed E-state index contributed by atoms with van der Waals surface area (Å²) in [5.41, 5.74) is 6.01. The zero-order valence-corrected chi connectivity index (χ0v) is 80.2. The number of non-ortho nitro benzene ring substituents is 1. The van der Waals surface area contributed by atoms with Crippen LogP contribution in [0.4, 0.5) is 96.0 Å². The molecule has 0 radical (unpaired) electrons. The Balaban J connectivity index is 0.000000176. The molecule has 5 heterocycles. The topological polar surface area (TPSA) is 535 Å². The van der Waals surface area contributed by atoms with Gasteiger partial charge in [0, 0.05) is 106 Å². The number of nitrogens with one attached hydrogen (secondary N) is 5. The van der Waals surface area contributed by atoms with Gasteiger partial charge in [0.05, 0.1) is 104 Å². The first-order valence-corrected chi connectivity index (χ1v) is 44.2. The number of carbonyl (C=O) groups excluding carboxylic acids is 5. The minimum Gasteiger partial charge on any atom is -0.508 e. The molecule has 0 bridgehead atoms. The quantitative estimate of drug-likeness (QED) is 0.00698. The van der Waals surface area contributed by atoms with Crippen molar-refractivity contribution in [3.63, 3.8) is 0 Å². The molecular weight excluding hydrogens is 1980 g/mol. The minimum atomic E-state index is -0.564. The highest BCUT2D eigenvalue weighted by Gasteiger charge is 2.24. The molecule has 39 nitrogen and oxygen atoms in total. The van der Waals surface area contributed by atoms with Gasteiger partial charge in [-0.1, -0.05) is 95.5 Å². The number of pyridine rings is 5. The summed E-state index contributed by atoms with van der Waals surface area (Å²) in [4.78, 5) is 148. The summed E-state index contributed by atoms with van der Waals surface area (Å²) in [6, 6.07) is 67.9. The highest BCUT2D eigenvalue weighted by atomic mass is 35.5. The number of methoxy groups -OCH3 is 5. The Morgan fingerprint density at radius 3 is 0.777 bits per heavy atom. The maximum absolute atomic E-state index is 13.1. The third-order valence-corrected chi connectivity index (χ3v) is 21.2. The first-order valence-electron chi connectivity index (χ1n) is 43.0. The van der Waals surface area contributed by atoms with Crippen LogP contribution in [-0.4, -0.2) is 124 Å². The van der Waals surface area contributed by atoms with Gasteiger partial charge >= 0.3 is 28.4 Å². The number of nitro groups is 6. The fourth-order valence-electron chi connectivity index (χ4n) is 13.1. The average Bonchev–Trinajstić information content (AvgIpc) is 0.845. The number of nitrogens with zero attached hydrogens (tertiary/aromatic N) is 11. The van der Waals surface area contributed by atoms with Crippen LogP contribution in [0.3, 0.4) is 0 Å². The highest BCUT2D eigenvalue weighted by molar-refractivity contribution is 6.36. The second-order valence-corrected chi connectivity index (χ2v) is 31.3. The van der Waals surface area contributed by atoms with Crippen molar-refractivity contribution < 1.29 is 86.7 Å². The lowest BCUT2D eigenvalue weighted by Gasteiger charge is -2.10. The van der Waals surface area contributed by atoms with Crippen molar-refractivity contribution in [2.24, 2.45) is 0 Å². The normalized spacial score (nSPS) is 10.7. The first-order chi connectivity index (χ1) is 71.2. The van der Waals surface area contributed by atoms with Gasteiger partial charge in [0.25, 0.3) is 5.69 Å². The number of hydrogen-bond donors (Lipinski definition) is 6. The lowest BCUT2D eigenvalue weighted by molar-refractivity contribution is -0.385. The van der Waals surface area contributed by atoms with Crippen molar-refractivity contribution in [2.75, 3.05) is 62.1 Å². The van der Waals surface area contributed by atoms with E-state index in [-0.39, 0.29) is 115 Å². The summed E-state index contributed by atoms with van der Waals surface area (Å²) in [5, 5.41) is 92.4. The summed E-state index contributed by atoms with van der Waals surface area (Å²) >= 11 is 18.0. The average molecular weight is 2060 g/mol. The van der Waals surface area contributed by atoms with E-state index in [1.165, 1.54) is 230 Å². The number of benzene rings is 10. The van der Waals surface area contributed by atoms with Crippen LogP contribution in [0.15, 0.2) is 328 Å². The molecule has 0 amide bonds. The molecule has 0 fully saturated rings. The van der Waals surface area contributed by atoms with Gasteiger partial charge in [-0.05, 0) is 252 Å². The number of carbonyl (C=O) groups is 5. The van der Waals surface area contributed by atoms with Crippen molar-refractivity contribution in [1.82, 2.24) is 24.9 Å². The van der Waals surface area contributed by atoms with Gasteiger partial charge in [0.1, 0.15) is 40.7 Å². The van der Waals surface area contributed by atoms with Crippen LogP contribution in [0, 0.1) is 66.5 Å². The Bertz CT molecular complexity index is 7220. The molecule has 15 rings (SSSR count). The molecule has 5 aromatic heterocycles. The van der Waals surface area contributed by atoms with Crippen molar-refractivity contribution >= 4 is 186 Å². The number of ketones is 5. The molecule has 0 saturated carbocycles. The molecule has 0 unspecified atom stereocenters. The van der Waals surface area contributed by atoms with Crippen LogP contribution in [0.5, 0.6) is 34.5 Å². The van der Waals surface area contributed by atoms with E-state index in [1.54, 1.807) is 164 Å². The van der Waals surface area contributed by atoms with Crippen LogP contribution in [-0.2, 0) is 0 Å². The number of phenolic OH excluding ortho intramolecular Hbond substituents is 1. The number of halogens is 4. The molecule has 43 heteroatoms. The number of hydrogen-bond acceptors (Lipinski definition) is 33.